The van der Waals surface area contributed by atoms with Crippen LogP contribution in [0.3, 0.4) is 0 Å². The summed E-state index contributed by atoms with van der Waals surface area (Å²) in [6.45, 7) is 34.7. The Labute approximate surface area is 599 Å². The molecule has 5 N–H and O–H groups in total. The number of esters is 1. The number of unbranched alkanes of at least 4 members (excludes halogenated alkanes) is 2. The predicted octanol–water partition coefficient (Wildman–Crippen LogP) is 9.45. The fraction of sp³-hybridized carbons (Fsp3) is 0.803. The molecule has 24 nitrogen and oxygen atoms in total. The van der Waals surface area contributed by atoms with Crippen molar-refractivity contribution < 1.29 is 81.6 Å². The Morgan fingerprint density at radius 3 is 1.57 bits per heavy atom. The number of primary amides is 1. The number of ketones is 5. The first kappa shape index (κ1) is 93.6. The van der Waals surface area contributed by atoms with Crippen molar-refractivity contribution in [3.63, 3.8) is 0 Å². The van der Waals surface area contributed by atoms with Gasteiger partial charge in [0.2, 0.25) is 35.4 Å². The van der Waals surface area contributed by atoms with E-state index in [1.165, 1.54) is 75.0 Å². The van der Waals surface area contributed by atoms with E-state index in [1.807, 2.05) is 47.6 Å². The number of aliphatic hydroxyl groups excluding tert-OH is 1. The maximum absolute atomic E-state index is 14.9. The number of aliphatic hydroxyl groups is 1. The molecule has 0 aliphatic carbocycles. The number of nitrogens with one attached hydrogen (secondary N) is 2. The fourth-order valence-corrected chi connectivity index (χ4v) is 12.8. The van der Waals surface area contributed by atoms with Gasteiger partial charge in [0.25, 0.3) is 0 Å². The van der Waals surface area contributed by atoms with Gasteiger partial charge in [-0.3, -0.25) is 57.5 Å². The van der Waals surface area contributed by atoms with Gasteiger partial charge in [-0.1, -0.05) is 122 Å². The zero-order valence-corrected chi connectivity index (χ0v) is 65.4. The third-order valence-electron chi connectivity index (χ3n) is 18.7. The number of ether oxygens (including phenoxy) is 3. The van der Waals surface area contributed by atoms with Crippen molar-refractivity contribution in [1.29, 1.82) is 0 Å². The van der Waals surface area contributed by atoms with Gasteiger partial charge in [-0.25, -0.2) is 4.79 Å². The molecule has 0 bridgehead atoms. The predicted molar refractivity (Wildman–Crippen MR) is 387 cm³/mol. The van der Waals surface area contributed by atoms with Crippen LogP contribution in [0.25, 0.3) is 0 Å². The third kappa shape index (κ3) is 33.6. The largest absolute Gasteiger partial charge is 0.466 e. The Balaban J connectivity index is 0.00000812. The maximum Gasteiger partial charge on any atom is 0.404 e. The summed E-state index contributed by atoms with van der Waals surface area (Å²) in [6, 6.07) is -6.82. The van der Waals surface area contributed by atoms with Crippen LogP contribution in [0.5, 0.6) is 0 Å². The van der Waals surface area contributed by atoms with Crippen LogP contribution in [0, 0.1) is 65.1 Å². The van der Waals surface area contributed by atoms with Crippen LogP contribution >= 0.6 is 0 Å². The summed E-state index contributed by atoms with van der Waals surface area (Å²) in [5.74, 6) is -11.7. The van der Waals surface area contributed by atoms with Gasteiger partial charge in [0.1, 0.15) is 12.1 Å². The Morgan fingerprint density at radius 2 is 1.07 bits per heavy atom. The standard InChI is InChI=1S/C67H115N7O15.C9H18O2/c1-21-23-26-43(13)61(81)49-37-56(78)59(42(11)12)74(20)65(85)47(31-38(3)4)35-55(77)52(33-40(7)8)71(17)64(84)45(15)69-62(82)44(14)34-54(76)51(32-39(5)6)72(18)66(86)48(41(9)10)36-57(79)60(46(16)88-29-24-25-30-89-67(68)87)73(19)58(80)28-27-53(75)50(22-2)70-63(49)83;1-8(2)6-4-5-7-11-9(3)10/h21,23,38-52,59-61,81H,22,24-37H2,1-20H3,(H2,68,87)(H,69,82)(H,70,83);8H,4-7H2,1-3H3/b23-21+;/t43-,44-,45-,46-,47-,48+,49+,50+,51+,52+,59+,60+,61-;/m1./s1. The zero-order valence-electron chi connectivity index (χ0n) is 65.4. The van der Waals surface area contributed by atoms with Crippen molar-refractivity contribution in [3.8, 4) is 0 Å². The number of carbonyl (C=O) groups is 13. The van der Waals surface area contributed by atoms with Crippen molar-refractivity contribution in [2.75, 3.05) is 48.0 Å². The van der Waals surface area contributed by atoms with Gasteiger partial charge in [0.05, 0.1) is 55.5 Å². The first-order valence-corrected chi connectivity index (χ1v) is 36.7. The van der Waals surface area contributed by atoms with Crippen LogP contribution in [0.4, 0.5) is 4.79 Å². The first-order valence-electron chi connectivity index (χ1n) is 36.7. The summed E-state index contributed by atoms with van der Waals surface area (Å²) in [5.41, 5.74) is 5.11. The number of nitrogens with zero attached hydrogens (tertiary/aromatic N) is 4. The number of rotatable bonds is 25. The number of amides is 7. The average Bonchev–Trinajstić information content (AvgIpc) is 0.828. The molecule has 0 aromatic carbocycles. The molecule has 1 aliphatic heterocycles. The Bertz CT molecular complexity index is 2660. The van der Waals surface area contributed by atoms with Crippen molar-refractivity contribution in [1.82, 2.24) is 30.2 Å². The highest BCUT2D eigenvalue weighted by molar-refractivity contribution is 5.99. The highest BCUT2D eigenvalue weighted by Gasteiger charge is 2.43. The molecule has 0 unspecified atom stereocenters. The van der Waals surface area contributed by atoms with Crippen molar-refractivity contribution in [2.45, 2.75) is 283 Å². The van der Waals surface area contributed by atoms with Crippen LogP contribution in [0.1, 0.15) is 234 Å². The topological polar surface area (TPSA) is 333 Å². The SMILES string of the molecule is C/C=C/C[C@@H](C)[C@@H](O)[C@@H]1CC(=O)[C@H](C(C)C)N(C)C(=O)[C@H](CC(C)C)CC(=O)[C@H](CC(C)C)N(C)C(=O)[C@@H](C)NC(=O)[C@H](C)CC(=O)[C@H](CC(C)C)N(C)C(=O)[C@H](C(C)C)CC(=O)[C@H]([C@@H](C)OCCCCOC(N)=O)N(C)C(=O)CCC(=O)[C@H](CC)NC1=O.CC(=O)OCCCCC(C)C. The molecule has 1 aliphatic rings. The van der Waals surface area contributed by atoms with E-state index >= 15 is 0 Å². The summed E-state index contributed by atoms with van der Waals surface area (Å²) >= 11 is 0. The number of nitrogens with two attached hydrogens (primary N) is 1. The second-order valence-electron chi connectivity index (χ2n) is 30.3. The quantitative estimate of drug-likeness (QED) is 0.0375. The van der Waals surface area contributed by atoms with E-state index < -0.39 is 180 Å². The number of allylic oxidation sites excluding steroid dienone is 2. The molecule has 1 saturated heterocycles. The molecule has 1 rings (SSSR count). The minimum atomic E-state index is -1.40. The first-order chi connectivity index (χ1) is 46.5. The molecule has 13 atom stereocenters. The smallest absolute Gasteiger partial charge is 0.404 e. The molecule has 0 aromatic heterocycles. The van der Waals surface area contributed by atoms with Crippen LogP contribution in [-0.4, -0.2) is 198 Å². The highest BCUT2D eigenvalue weighted by atomic mass is 16.5. The van der Waals surface area contributed by atoms with Crippen molar-refractivity contribution in [2.24, 2.45) is 70.8 Å². The van der Waals surface area contributed by atoms with Crippen molar-refractivity contribution >= 4 is 76.4 Å². The van der Waals surface area contributed by atoms with Crippen molar-refractivity contribution in [3.05, 3.63) is 12.2 Å². The van der Waals surface area contributed by atoms with Crippen LogP contribution in [-0.2, 0) is 71.7 Å². The van der Waals surface area contributed by atoms with E-state index in [2.05, 4.69) is 24.5 Å². The van der Waals surface area contributed by atoms with E-state index in [1.54, 1.807) is 61.5 Å². The number of carbonyl (C=O) groups excluding carboxylic acids is 13. The lowest BCUT2D eigenvalue weighted by Crippen LogP contribution is -2.53. The summed E-state index contributed by atoms with van der Waals surface area (Å²) in [7, 11) is 5.82. The number of Topliss-reactive ketones (excluding diaryl/α,β-unsaturated/α-hetero) is 5. The molecular formula is C76H133N7O17. The normalized spacial score (nSPS) is 24.7. The van der Waals surface area contributed by atoms with E-state index in [0.717, 1.165) is 18.8 Å². The lowest BCUT2D eigenvalue weighted by atomic mass is 9.82. The van der Waals surface area contributed by atoms with Gasteiger partial charge in [-0.15, -0.1) is 0 Å². The van der Waals surface area contributed by atoms with E-state index in [9.17, 15) is 67.4 Å². The molecule has 100 heavy (non-hydrogen) atoms. The summed E-state index contributed by atoms with van der Waals surface area (Å²) in [5, 5.41) is 17.5. The molecule has 0 radical (unpaired) electrons. The summed E-state index contributed by atoms with van der Waals surface area (Å²) < 4.78 is 15.8. The second kappa shape index (κ2) is 47.7. The summed E-state index contributed by atoms with van der Waals surface area (Å²) in [4.78, 5) is 186. The van der Waals surface area contributed by atoms with Gasteiger partial charge in [0.15, 0.2) is 28.9 Å². The average molecular weight is 1420 g/mol. The van der Waals surface area contributed by atoms with E-state index in [0.29, 0.717) is 25.9 Å². The molecule has 0 aromatic rings. The molecule has 574 valence electrons. The van der Waals surface area contributed by atoms with Gasteiger partial charge in [-0.2, -0.15) is 0 Å². The van der Waals surface area contributed by atoms with Gasteiger partial charge in [-0.05, 0) is 120 Å². The highest BCUT2D eigenvalue weighted by Crippen LogP contribution is 2.30. The summed E-state index contributed by atoms with van der Waals surface area (Å²) in [6.07, 6.45) is 3.18. The number of hydrogen-bond donors (Lipinski definition) is 4. The Hall–Kier alpha value is -6.43. The molecular weight excluding hydrogens is 1280 g/mol. The third-order valence-corrected chi connectivity index (χ3v) is 18.7. The monoisotopic (exact) mass is 1420 g/mol. The lowest BCUT2D eigenvalue weighted by Gasteiger charge is -2.36. The minimum absolute atomic E-state index is 0.0205. The Kier molecular flexibility index (Phi) is 44.6. The van der Waals surface area contributed by atoms with E-state index in [-0.39, 0.29) is 81.9 Å². The molecule has 1 fully saturated rings. The lowest BCUT2D eigenvalue weighted by molar-refractivity contribution is -0.148. The Morgan fingerprint density at radius 1 is 0.560 bits per heavy atom. The minimum Gasteiger partial charge on any atom is -0.466 e. The molecule has 0 saturated carbocycles. The van der Waals surface area contributed by atoms with Gasteiger partial charge in [0, 0.05) is 98.0 Å². The van der Waals surface area contributed by atoms with Crippen LogP contribution < -0.4 is 16.4 Å². The maximum atomic E-state index is 14.9. The number of hydrogen-bond acceptors (Lipinski definition) is 17. The van der Waals surface area contributed by atoms with Gasteiger partial charge >= 0.3 is 12.1 Å². The molecule has 7 amide bonds. The van der Waals surface area contributed by atoms with Gasteiger partial charge < -0.3 is 55.3 Å². The van der Waals surface area contributed by atoms with Crippen LogP contribution in [0.2, 0.25) is 0 Å². The number of likely N-dealkylation sites (N-methyl/N-ethyl adjacent to an activating group) is 4. The van der Waals surface area contributed by atoms with Crippen LogP contribution in [0.15, 0.2) is 12.2 Å². The van der Waals surface area contributed by atoms with E-state index in [4.69, 9.17) is 19.9 Å². The zero-order chi connectivity index (χ0) is 77.2. The molecule has 24 heteroatoms. The molecule has 0 spiro atoms. The molecule has 1 heterocycles. The fourth-order valence-electron chi connectivity index (χ4n) is 12.8. The second-order valence-corrected chi connectivity index (χ2v) is 30.3.